The van der Waals surface area contributed by atoms with Crippen LogP contribution in [0.4, 0.5) is 11.5 Å². The van der Waals surface area contributed by atoms with Crippen molar-refractivity contribution in [1.29, 1.82) is 0 Å². The average Bonchev–Trinajstić information content (AvgIpc) is 2.61. The number of carbonyl (C=O) groups is 1. The molecule has 25 heavy (non-hydrogen) atoms. The Labute approximate surface area is 149 Å². The second kappa shape index (κ2) is 10.3. The maximum absolute atomic E-state index is 11.9. The van der Waals surface area contributed by atoms with Gasteiger partial charge in [0.05, 0.1) is 24.9 Å². The molecule has 0 saturated heterocycles. The quantitative estimate of drug-likeness (QED) is 0.650. The molecular weight excluding hydrogens is 316 g/mol. The van der Waals surface area contributed by atoms with E-state index in [1.807, 2.05) is 36.4 Å². The van der Waals surface area contributed by atoms with Gasteiger partial charge in [0.25, 0.3) is 0 Å². The molecule has 0 atom stereocenters. The summed E-state index contributed by atoms with van der Waals surface area (Å²) in [5.74, 6) is 1.19. The number of rotatable bonds is 10. The largest absolute Gasteiger partial charge is 0.493 e. The van der Waals surface area contributed by atoms with E-state index in [0.29, 0.717) is 12.4 Å². The van der Waals surface area contributed by atoms with Crippen molar-refractivity contribution in [2.45, 2.75) is 12.8 Å². The van der Waals surface area contributed by atoms with Crippen molar-refractivity contribution in [2.75, 3.05) is 44.4 Å². The van der Waals surface area contributed by atoms with Gasteiger partial charge in [-0.05, 0) is 51.3 Å². The number of nitrogens with zero attached hydrogens (tertiary/aromatic N) is 2. The third-order valence-corrected chi connectivity index (χ3v) is 3.48. The number of para-hydroxylation sites is 1. The first-order valence-corrected chi connectivity index (χ1v) is 8.46. The molecule has 0 radical (unpaired) electrons. The van der Waals surface area contributed by atoms with Gasteiger partial charge in [0.1, 0.15) is 11.6 Å². The average molecular weight is 342 g/mol. The Bertz CT molecular complexity index is 630. The van der Waals surface area contributed by atoms with Gasteiger partial charge in [-0.3, -0.25) is 4.79 Å². The molecule has 0 aliphatic rings. The molecule has 0 aliphatic heterocycles. The van der Waals surface area contributed by atoms with Gasteiger partial charge < -0.3 is 20.3 Å². The molecule has 134 valence electrons. The van der Waals surface area contributed by atoms with Crippen molar-refractivity contribution in [2.24, 2.45) is 0 Å². The molecule has 2 N–H and O–H groups in total. The highest BCUT2D eigenvalue weighted by molar-refractivity contribution is 5.89. The molecule has 0 saturated carbocycles. The Balaban J connectivity index is 1.66. The lowest BCUT2D eigenvalue weighted by molar-refractivity contribution is -0.116. The lowest BCUT2D eigenvalue weighted by atomic mass is 10.3. The highest BCUT2D eigenvalue weighted by atomic mass is 16.5. The molecule has 0 unspecified atom stereocenters. The van der Waals surface area contributed by atoms with Crippen LogP contribution in [0.2, 0.25) is 0 Å². The molecule has 6 nitrogen and oxygen atoms in total. The summed E-state index contributed by atoms with van der Waals surface area (Å²) in [4.78, 5) is 18.3. The number of carbonyl (C=O) groups excluding carboxylic acids is 1. The van der Waals surface area contributed by atoms with Crippen molar-refractivity contribution < 1.29 is 9.53 Å². The highest BCUT2D eigenvalue weighted by Gasteiger charge is 2.04. The van der Waals surface area contributed by atoms with Crippen LogP contribution in [0.3, 0.4) is 0 Å². The van der Waals surface area contributed by atoms with Crippen molar-refractivity contribution in [3.8, 4) is 5.75 Å². The third-order valence-electron chi connectivity index (χ3n) is 3.48. The number of anilines is 2. The Morgan fingerprint density at radius 1 is 1.16 bits per heavy atom. The van der Waals surface area contributed by atoms with E-state index in [1.165, 1.54) is 0 Å². The van der Waals surface area contributed by atoms with Gasteiger partial charge in [0.2, 0.25) is 5.91 Å². The van der Waals surface area contributed by atoms with E-state index >= 15 is 0 Å². The second-order valence-corrected chi connectivity index (χ2v) is 5.98. The summed E-state index contributed by atoms with van der Waals surface area (Å²) in [6, 6.07) is 13.2. The van der Waals surface area contributed by atoms with Crippen LogP contribution in [0.25, 0.3) is 0 Å². The first-order chi connectivity index (χ1) is 12.1. The summed E-state index contributed by atoms with van der Waals surface area (Å²) >= 11 is 0. The van der Waals surface area contributed by atoms with Gasteiger partial charge in [-0.25, -0.2) is 4.98 Å². The number of nitrogens with one attached hydrogen (secondary N) is 2. The van der Waals surface area contributed by atoms with E-state index < -0.39 is 0 Å². The predicted molar refractivity (Wildman–Crippen MR) is 101 cm³/mol. The fourth-order valence-electron chi connectivity index (χ4n) is 2.18. The molecule has 1 aromatic heterocycles. The molecule has 0 fully saturated rings. The fraction of sp³-hybridized carbons (Fsp3) is 0.368. The van der Waals surface area contributed by atoms with Crippen LogP contribution in [0.5, 0.6) is 5.75 Å². The smallest absolute Gasteiger partial charge is 0.228 e. The van der Waals surface area contributed by atoms with Crippen LogP contribution in [0.15, 0.2) is 48.7 Å². The van der Waals surface area contributed by atoms with E-state index in [4.69, 9.17) is 4.74 Å². The van der Waals surface area contributed by atoms with Gasteiger partial charge in [-0.1, -0.05) is 18.2 Å². The molecule has 1 aromatic carbocycles. The summed E-state index contributed by atoms with van der Waals surface area (Å²) in [7, 11) is 4.12. The number of ether oxygens (including phenoxy) is 1. The van der Waals surface area contributed by atoms with Gasteiger partial charge in [-0.15, -0.1) is 0 Å². The zero-order valence-corrected chi connectivity index (χ0v) is 14.9. The monoisotopic (exact) mass is 342 g/mol. The molecule has 1 heterocycles. The van der Waals surface area contributed by atoms with E-state index in [1.54, 1.807) is 12.3 Å². The van der Waals surface area contributed by atoms with Crippen molar-refractivity contribution in [3.05, 3.63) is 48.7 Å². The summed E-state index contributed by atoms with van der Waals surface area (Å²) in [6.07, 6.45) is 3.07. The first-order valence-electron chi connectivity index (χ1n) is 8.46. The van der Waals surface area contributed by atoms with Gasteiger partial charge in [0.15, 0.2) is 0 Å². The molecule has 2 rings (SSSR count). The minimum Gasteiger partial charge on any atom is -0.493 e. The summed E-state index contributed by atoms with van der Waals surface area (Å²) < 4.78 is 5.51. The zero-order valence-electron chi connectivity index (χ0n) is 14.9. The molecule has 1 amide bonds. The molecule has 0 aliphatic carbocycles. The van der Waals surface area contributed by atoms with Gasteiger partial charge >= 0.3 is 0 Å². The zero-order chi connectivity index (χ0) is 17.9. The maximum atomic E-state index is 11.9. The second-order valence-electron chi connectivity index (χ2n) is 5.98. The number of hydrogen-bond acceptors (Lipinski definition) is 5. The maximum Gasteiger partial charge on any atom is 0.228 e. The number of pyridine rings is 1. The SMILES string of the molecule is CN(C)CCCNc1ccc(NC(=O)CCOc2ccccc2)nc1. The Hall–Kier alpha value is -2.60. The number of amides is 1. The van der Waals surface area contributed by atoms with Crippen LogP contribution in [-0.2, 0) is 4.79 Å². The number of hydrogen-bond donors (Lipinski definition) is 2. The molecule has 2 aromatic rings. The Morgan fingerprint density at radius 3 is 2.64 bits per heavy atom. The third kappa shape index (κ3) is 7.67. The van der Waals surface area contributed by atoms with Gasteiger partial charge in [0, 0.05) is 6.54 Å². The van der Waals surface area contributed by atoms with E-state index in [9.17, 15) is 4.79 Å². The topological polar surface area (TPSA) is 66.5 Å². The van der Waals surface area contributed by atoms with Crippen LogP contribution in [-0.4, -0.2) is 49.6 Å². The molecule has 0 spiro atoms. The van der Waals surface area contributed by atoms with Crippen molar-refractivity contribution in [3.63, 3.8) is 0 Å². The van der Waals surface area contributed by atoms with Gasteiger partial charge in [-0.2, -0.15) is 0 Å². The minimum atomic E-state index is -0.116. The standard InChI is InChI=1S/C19H26N4O2/c1-23(2)13-6-12-20-16-9-10-18(21-15-16)22-19(24)11-14-25-17-7-4-3-5-8-17/h3-5,7-10,15,20H,6,11-14H2,1-2H3,(H,21,22,24). The fourth-order valence-corrected chi connectivity index (χ4v) is 2.18. The number of benzene rings is 1. The Morgan fingerprint density at radius 2 is 1.96 bits per heavy atom. The van der Waals surface area contributed by atoms with Crippen molar-refractivity contribution in [1.82, 2.24) is 9.88 Å². The molecule has 0 bridgehead atoms. The van der Waals surface area contributed by atoms with E-state index in [2.05, 4.69) is 34.6 Å². The minimum absolute atomic E-state index is 0.116. The summed E-state index contributed by atoms with van der Waals surface area (Å²) in [5, 5.41) is 6.08. The highest BCUT2D eigenvalue weighted by Crippen LogP contribution is 2.11. The normalized spacial score (nSPS) is 10.5. The lowest BCUT2D eigenvalue weighted by Crippen LogP contribution is -2.17. The van der Waals surface area contributed by atoms with Crippen LogP contribution in [0.1, 0.15) is 12.8 Å². The Kier molecular flexibility index (Phi) is 7.72. The van der Waals surface area contributed by atoms with Crippen LogP contribution in [0, 0.1) is 0 Å². The van der Waals surface area contributed by atoms with E-state index in [-0.39, 0.29) is 12.3 Å². The van der Waals surface area contributed by atoms with Crippen molar-refractivity contribution >= 4 is 17.4 Å². The number of aromatic nitrogens is 1. The molecule has 6 heteroatoms. The summed E-state index contributed by atoms with van der Waals surface area (Å²) in [5.41, 5.74) is 0.948. The predicted octanol–water partition coefficient (Wildman–Crippen LogP) is 2.85. The molecular formula is C19H26N4O2. The van der Waals surface area contributed by atoms with E-state index in [0.717, 1.165) is 30.9 Å². The van der Waals surface area contributed by atoms with Crippen LogP contribution < -0.4 is 15.4 Å². The van der Waals surface area contributed by atoms with Crippen LogP contribution >= 0.6 is 0 Å². The summed E-state index contributed by atoms with van der Waals surface area (Å²) in [6.45, 7) is 2.27. The lowest BCUT2D eigenvalue weighted by Gasteiger charge is -2.11. The first kappa shape index (κ1) is 18.7.